The molecule has 35 heavy (non-hydrogen) atoms. The monoisotopic (exact) mass is 486 g/mol. The van der Waals surface area contributed by atoms with Gasteiger partial charge in [-0.3, -0.25) is 9.78 Å². The molecule has 8 heteroatoms. The van der Waals surface area contributed by atoms with Crippen molar-refractivity contribution in [1.82, 2.24) is 15.3 Å². The molecule has 178 valence electrons. The van der Waals surface area contributed by atoms with E-state index in [1.54, 1.807) is 31.6 Å². The topological polar surface area (TPSA) is 85.4 Å². The Morgan fingerprint density at radius 3 is 2.57 bits per heavy atom. The number of methoxy groups -OCH3 is 1. The summed E-state index contributed by atoms with van der Waals surface area (Å²) in [7, 11) is 1.67. The Kier molecular flexibility index (Phi) is 7.84. The van der Waals surface area contributed by atoms with Gasteiger partial charge in [0.05, 0.1) is 30.9 Å². The van der Waals surface area contributed by atoms with E-state index in [1.165, 1.54) is 0 Å². The first-order chi connectivity index (χ1) is 17.1. The molecule has 0 atom stereocenters. The molecule has 0 aliphatic carbocycles. The molecule has 2 heterocycles. The van der Waals surface area contributed by atoms with E-state index < -0.39 is 0 Å². The van der Waals surface area contributed by atoms with Crippen LogP contribution in [0.25, 0.3) is 10.9 Å². The Morgan fingerprint density at radius 1 is 1.03 bits per heavy atom. The number of thiocarbonyl (C=S) groups is 1. The quantitative estimate of drug-likeness (QED) is 0.321. The van der Waals surface area contributed by atoms with Crippen molar-refractivity contribution in [1.29, 1.82) is 0 Å². The third-order valence-corrected chi connectivity index (χ3v) is 5.50. The minimum Gasteiger partial charge on any atom is -0.496 e. The van der Waals surface area contributed by atoms with E-state index in [-0.39, 0.29) is 17.4 Å². The first kappa shape index (κ1) is 24.1. The highest BCUT2D eigenvalue weighted by Gasteiger charge is 2.12. The maximum absolute atomic E-state index is 12.2. The van der Waals surface area contributed by atoms with Crippen molar-refractivity contribution in [3.05, 3.63) is 84.2 Å². The molecule has 0 bridgehead atoms. The van der Waals surface area contributed by atoms with Crippen LogP contribution in [0.1, 0.15) is 24.5 Å². The minimum absolute atomic E-state index is 0.190. The van der Waals surface area contributed by atoms with Crippen LogP contribution < -0.4 is 20.1 Å². The van der Waals surface area contributed by atoms with E-state index in [4.69, 9.17) is 21.7 Å². The Balaban J connectivity index is 1.41. The lowest BCUT2D eigenvalue weighted by atomic mass is 10.0. The van der Waals surface area contributed by atoms with Gasteiger partial charge in [-0.2, -0.15) is 0 Å². The summed E-state index contributed by atoms with van der Waals surface area (Å²) in [5.74, 6) is 1.72. The summed E-state index contributed by atoms with van der Waals surface area (Å²) in [6, 6.07) is 18.8. The number of hydrogen-bond acceptors (Lipinski definition) is 6. The number of amides is 1. The van der Waals surface area contributed by atoms with Gasteiger partial charge in [0.25, 0.3) is 0 Å². The molecule has 4 aromatic rings. The Labute approximate surface area is 209 Å². The highest BCUT2D eigenvalue weighted by Crippen LogP contribution is 2.33. The molecule has 2 aromatic heterocycles. The van der Waals surface area contributed by atoms with E-state index >= 15 is 0 Å². The second-order valence-corrected chi connectivity index (χ2v) is 8.30. The molecule has 0 spiro atoms. The van der Waals surface area contributed by atoms with Gasteiger partial charge in [-0.25, -0.2) is 4.98 Å². The molecule has 0 fully saturated rings. The average Bonchev–Trinajstić information content (AvgIpc) is 2.86. The number of rotatable bonds is 8. The van der Waals surface area contributed by atoms with Crippen LogP contribution in [0.2, 0.25) is 0 Å². The normalized spacial score (nSPS) is 10.6. The molecule has 2 aromatic carbocycles. The van der Waals surface area contributed by atoms with Crippen LogP contribution in [-0.4, -0.2) is 28.1 Å². The summed E-state index contributed by atoms with van der Waals surface area (Å²) in [5.41, 5.74) is 3.45. The molecule has 0 aliphatic rings. The molecular formula is C27H26N4O3S. The predicted molar refractivity (Wildman–Crippen MR) is 141 cm³/mol. The standard InChI is InChI=1S/C27H26N4O3S/c1-3-7-19-15-21-22(16-24(19)33-2)28-13-12-23(21)34-26-11-10-20(17-29-26)30-27(35)31-25(32)14-18-8-5-4-6-9-18/h4-6,8-13,15-17H,3,7,14H2,1-2H3,(H2,30,31,32,35). The van der Waals surface area contributed by atoms with Gasteiger partial charge in [-0.15, -0.1) is 0 Å². The molecule has 1 amide bonds. The fraction of sp³-hybridized carbons (Fsp3) is 0.185. The summed E-state index contributed by atoms with van der Waals surface area (Å²) >= 11 is 5.25. The number of hydrogen-bond donors (Lipinski definition) is 2. The zero-order chi connectivity index (χ0) is 24.6. The average molecular weight is 487 g/mol. The van der Waals surface area contributed by atoms with E-state index in [2.05, 4.69) is 33.6 Å². The lowest BCUT2D eigenvalue weighted by Gasteiger charge is -2.13. The van der Waals surface area contributed by atoms with Gasteiger partial charge < -0.3 is 20.1 Å². The molecule has 0 radical (unpaired) electrons. The summed E-state index contributed by atoms with van der Waals surface area (Å²) < 4.78 is 11.6. The van der Waals surface area contributed by atoms with Crippen molar-refractivity contribution in [2.24, 2.45) is 0 Å². The number of fused-ring (bicyclic) bond motifs is 1. The van der Waals surface area contributed by atoms with Gasteiger partial charge in [-0.05, 0) is 48.0 Å². The number of carbonyl (C=O) groups excluding carboxylic acids is 1. The third kappa shape index (κ3) is 6.30. The highest BCUT2D eigenvalue weighted by molar-refractivity contribution is 7.80. The fourth-order valence-corrected chi connectivity index (χ4v) is 3.91. The molecular weight excluding hydrogens is 460 g/mol. The van der Waals surface area contributed by atoms with Crippen molar-refractivity contribution >= 4 is 39.8 Å². The van der Waals surface area contributed by atoms with Gasteiger partial charge in [-0.1, -0.05) is 43.7 Å². The van der Waals surface area contributed by atoms with Gasteiger partial charge in [0.1, 0.15) is 11.5 Å². The van der Waals surface area contributed by atoms with Crippen molar-refractivity contribution in [3.63, 3.8) is 0 Å². The van der Waals surface area contributed by atoms with Crippen LogP contribution in [0.4, 0.5) is 5.69 Å². The van der Waals surface area contributed by atoms with Crippen LogP contribution in [-0.2, 0) is 17.6 Å². The Hall–Kier alpha value is -4.04. The lowest BCUT2D eigenvalue weighted by Crippen LogP contribution is -2.35. The highest BCUT2D eigenvalue weighted by atomic mass is 32.1. The number of ether oxygens (including phenoxy) is 2. The molecule has 7 nitrogen and oxygen atoms in total. The number of nitrogens with zero attached hydrogens (tertiary/aromatic N) is 2. The first-order valence-electron chi connectivity index (χ1n) is 11.3. The maximum atomic E-state index is 12.2. The zero-order valence-corrected chi connectivity index (χ0v) is 20.4. The summed E-state index contributed by atoms with van der Waals surface area (Å²) in [6.07, 6.45) is 5.44. The van der Waals surface area contributed by atoms with Gasteiger partial charge in [0.15, 0.2) is 5.11 Å². The van der Waals surface area contributed by atoms with E-state index in [9.17, 15) is 4.79 Å². The molecule has 4 rings (SSSR count). The van der Waals surface area contributed by atoms with Gasteiger partial charge in [0.2, 0.25) is 11.8 Å². The van der Waals surface area contributed by atoms with Crippen molar-refractivity contribution in [3.8, 4) is 17.4 Å². The largest absolute Gasteiger partial charge is 0.496 e. The number of carbonyl (C=O) groups is 1. The first-order valence-corrected chi connectivity index (χ1v) is 11.7. The predicted octanol–water partition coefficient (Wildman–Crippen LogP) is 5.44. The number of aromatic nitrogens is 2. The fourth-order valence-electron chi connectivity index (χ4n) is 3.68. The van der Waals surface area contributed by atoms with Gasteiger partial charge in [0, 0.05) is 23.7 Å². The maximum Gasteiger partial charge on any atom is 0.230 e. The Morgan fingerprint density at radius 2 is 1.86 bits per heavy atom. The van der Waals surface area contributed by atoms with E-state index in [1.807, 2.05) is 42.5 Å². The second-order valence-electron chi connectivity index (χ2n) is 7.89. The lowest BCUT2D eigenvalue weighted by molar-refractivity contribution is -0.119. The van der Waals surface area contributed by atoms with Crippen LogP contribution in [0.5, 0.6) is 17.4 Å². The zero-order valence-electron chi connectivity index (χ0n) is 19.6. The van der Waals surface area contributed by atoms with Crippen LogP contribution >= 0.6 is 12.2 Å². The van der Waals surface area contributed by atoms with Crippen molar-refractivity contribution in [2.75, 3.05) is 12.4 Å². The van der Waals surface area contributed by atoms with E-state index in [0.29, 0.717) is 17.3 Å². The number of nitrogens with one attached hydrogen (secondary N) is 2. The summed E-state index contributed by atoms with van der Waals surface area (Å²) in [5, 5.41) is 6.75. The Bertz CT molecular complexity index is 1330. The molecule has 0 unspecified atom stereocenters. The molecule has 0 aliphatic heterocycles. The van der Waals surface area contributed by atoms with Gasteiger partial charge >= 0.3 is 0 Å². The van der Waals surface area contributed by atoms with Crippen LogP contribution in [0, 0.1) is 0 Å². The van der Waals surface area contributed by atoms with Crippen molar-refractivity contribution in [2.45, 2.75) is 26.2 Å². The number of anilines is 1. The number of benzene rings is 2. The molecule has 0 saturated carbocycles. The minimum atomic E-state index is -0.190. The van der Waals surface area contributed by atoms with Crippen LogP contribution in [0.15, 0.2) is 73.1 Å². The van der Waals surface area contributed by atoms with Crippen molar-refractivity contribution < 1.29 is 14.3 Å². The summed E-state index contributed by atoms with van der Waals surface area (Å²) in [4.78, 5) is 21.0. The number of aryl methyl sites for hydroxylation is 1. The molecule has 2 N–H and O–H groups in total. The van der Waals surface area contributed by atoms with Crippen LogP contribution in [0.3, 0.4) is 0 Å². The summed E-state index contributed by atoms with van der Waals surface area (Å²) in [6.45, 7) is 2.13. The number of pyridine rings is 2. The smallest absolute Gasteiger partial charge is 0.230 e. The molecule has 0 saturated heterocycles. The SMILES string of the molecule is CCCc1cc2c(Oc3ccc(NC(=S)NC(=O)Cc4ccccc4)cn3)ccnc2cc1OC. The second kappa shape index (κ2) is 11.4. The van der Waals surface area contributed by atoms with E-state index in [0.717, 1.165) is 40.6 Å². The third-order valence-electron chi connectivity index (χ3n) is 5.29.